The maximum Gasteiger partial charge on any atom is 0.246 e. The first kappa shape index (κ1) is 13.1. The molecule has 1 aromatic heterocycles. The fraction of sp³-hybridized carbons (Fsp3) is 0.667. The fourth-order valence-electron chi connectivity index (χ4n) is 1.47. The summed E-state index contributed by atoms with van der Waals surface area (Å²) in [5, 5.41) is 3.61. The summed E-state index contributed by atoms with van der Waals surface area (Å²) in [6.07, 6.45) is 0. The van der Waals surface area contributed by atoms with Gasteiger partial charge in [0.1, 0.15) is 10.6 Å². The van der Waals surface area contributed by atoms with Crippen LogP contribution >= 0.6 is 0 Å². The van der Waals surface area contributed by atoms with E-state index in [0.717, 1.165) is 0 Å². The van der Waals surface area contributed by atoms with E-state index in [2.05, 4.69) is 9.88 Å². The van der Waals surface area contributed by atoms with E-state index in [1.165, 1.54) is 7.11 Å². The summed E-state index contributed by atoms with van der Waals surface area (Å²) >= 11 is 0. The largest absolute Gasteiger partial charge is 0.383 e. The lowest BCUT2D eigenvalue weighted by Crippen LogP contribution is -2.36. The second-order valence-corrected chi connectivity index (χ2v) is 5.28. The van der Waals surface area contributed by atoms with E-state index >= 15 is 0 Å². The van der Waals surface area contributed by atoms with E-state index in [9.17, 15) is 8.42 Å². The maximum atomic E-state index is 12.0. The third-order valence-corrected chi connectivity index (χ3v) is 3.84. The van der Waals surface area contributed by atoms with Gasteiger partial charge in [-0.1, -0.05) is 5.16 Å². The minimum absolute atomic E-state index is 0.107. The van der Waals surface area contributed by atoms with Crippen LogP contribution < -0.4 is 4.72 Å². The van der Waals surface area contributed by atoms with Gasteiger partial charge in [-0.15, -0.1) is 0 Å². The Morgan fingerprint density at radius 2 is 2.12 bits per heavy atom. The summed E-state index contributed by atoms with van der Waals surface area (Å²) in [5.74, 6) is 0.287. The van der Waals surface area contributed by atoms with Gasteiger partial charge in [-0.05, 0) is 20.8 Å². The van der Waals surface area contributed by atoms with Gasteiger partial charge in [0.15, 0.2) is 5.76 Å². The van der Waals surface area contributed by atoms with Gasteiger partial charge in [0.2, 0.25) is 10.0 Å². The number of rotatable bonds is 5. The average molecular weight is 248 g/mol. The van der Waals surface area contributed by atoms with E-state index in [-0.39, 0.29) is 16.7 Å². The first-order valence-corrected chi connectivity index (χ1v) is 6.31. The van der Waals surface area contributed by atoms with Gasteiger partial charge in [-0.25, -0.2) is 13.1 Å². The van der Waals surface area contributed by atoms with Gasteiger partial charge in [-0.2, -0.15) is 0 Å². The molecular weight excluding hydrogens is 232 g/mol. The molecule has 0 spiro atoms. The summed E-state index contributed by atoms with van der Waals surface area (Å²) in [6.45, 7) is 5.18. The summed E-state index contributed by atoms with van der Waals surface area (Å²) in [7, 11) is -2.07. The van der Waals surface area contributed by atoms with Crippen LogP contribution in [0.25, 0.3) is 0 Å². The van der Waals surface area contributed by atoms with Crippen molar-refractivity contribution in [2.75, 3.05) is 13.7 Å². The Morgan fingerprint density at radius 3 is 2.56 bits per heavy atom. The lowest BCUT2D eigenvalue weighted by molar-refractivity contribution is 0.180. The third-order valence-electron chi connectivity index (χ3n) is 2.01. The number of aryl methyl sites for hydroxylation is 2. The zero-order chi connectivity index (χ0) is 12.3. The fourth-order valence-corrected chi connectivity index (χ4v) is 3.02. The van der Waals surface area contributed by atoms with Gasteiger partial charge in [0.25, 0.3) is 0 Å². The molecule has 7 heteroatoms. The number of methoxy groups -OCH3 is 1. The molecule has 0 aliphatic heterocycles. The first-order valence-electron chi connectivity index (χ1n) is 4.82. The summed E-state index contributed by atoms with van der Waals surface area (Å²) in [4.78, 5) is 0.107. The SMILES string of the molecule is COCC(C)NS(=O)(=O)c1c(C)noc1C. The first-order chi connectivity index (χ1) is 7.38. The number of hydrogen-bond acceptors (Lipinski definition) is 5. The normalized spacial score (nSPS) is 14.0. The summed E-state index contributed by atoms with van der Waals surface area (Å²) in [5.41, 5.74) is 0.356. The molecule has 0 aromatic carbocycles. The Morgan fingerprint density at radius 1 is 1.50 bits per heavy atom. The topological polar surface area (TPSA) is 81.4 Å². The van der Waals surface area contributed by atoms with Crippen molar-refractivity contribution in [1.82, 2.24) is 9.88 Å². The molecule has 1 unspecified atom stereocenters. The number of hydrogen-bond donors (Lipinski definition) is 1. The van der Waals surface area contributed by atoms with Crippen molar-refractivity contribution in [2.24, 2.45) is 0 Å². The molecule has 16 heavy (non-hydrogen) atoms. The summed E-state index contributed by atoms with van der Waals surface area (Å²) < 4.78 is 36.1. The van der Waals surface area contributed by atoms with Crippen LogP contribution in [0, 0.1) is 13.8 Å². The summed E-state index contributed by atoms with van der Waals surface area (Å²) in [6, 6.07) is -0.302. The van der Waals surface area contributed by atoms with Crippen LogP contribution in [-0.2, 0) is 14.8 Å². The van der Waals surface area contributed by atoms with Gasteiger partial charge in [-0.3, -0.25) is 0 Å². The van der Waals surface area contributed by atoms with Crippen LogP contribution in [0.5, 0.6) is 0 Å². The molecule has 0 aliphatic rings. The molecule has 1 rings (SSSR count). The van der Waals surface area contributed by atoms with E-state index < -0.39 is 10.0 Å². The number of sulfonamides is 1. The minimum Gasteiger partial charge on any atom is -0.383 e. The highest BCUT2D eigenvalue weighted by Gasteiger charge is 2.25. The van der Waals surface area contributed by atoms with Crippen LogP contribution in [0.1, 0.15) is 18.4 Å². The van der Waals surface area contributed by atoms with Crippen LogP contribution in [0.2, 0.25) is 0 Å². The Kier molecular flexibility index (Phi) is 4.06. The second-order valence-electron chi connectivity index (χ2n) is 3.63. The monoisotopic (exact) mass is 248 g/mol. The van der Waals surface area contributed by atoms with Crippen LogP contribution in [0.3, 0.4) is 0 Å². The molecule has 0 saturated heterocycles. The van der Waals surface area contributed by atoms with Gasteiger partial charge in [0, 0.05) is 13.2 Å². The Balaban J connectivity index is 2.95. The molecule has 0 amide bonds. The molecule has 0 saturated carbocycles. The Hall–Kier alpha value is -0.920. The van der Waals surface area contributed by atoms with E-state index in [4.69, 9.17) is 9.26 Å². The third kappa shape index (κ3) is 2.81. The van der Waals surface area contributed by atoms with Crippen LogP contribution in [0.15, 0.2) is 9.42 Å². The highest BCUT2D eigenvalue weighted by atomic mass is 32.2. The molecular formula is C9H16N2O4S. The van der Waals surface area contributed by atoms with Crippen molar-refractivity contribution >= 4 is 10.0 Å². The average Bonchev–Trinajstić information content (AvgIpc) is 2.45. The molecule has 92 valence electrons. The number of nitrogens with zero attached hydrogens (tertiary/aromatic N) is 1. The second kappa shape index (κ2) is 4.94. The van der Waals surface area contributed by atoms with Crippen molar-refractivity contribution < 1.29 is 17.7 Å². The Labute approximate surface area is 95.0 Å². The van der Waals surface area contributed by atoms with Gasteiger partial charge >= 0.3 is 0 Å². The molecule has 6 nitrogen and oxygen atoms in total. The van der Waals surface area contributed by atoms with E-state index in [1.807, 2.05) is 0 Å². The highest BCUT2D eigenvalue weighted by Crippen LogP contribution is 2.18. The lowest BCUT2D eigenvalue weighted by Gasteiger charge is -2.12. The predicted octanol–water partition coefficient (Wildman–Crippen LogP) is 0.605. The number of nitrogens with one attached hydrogen (secondary N) is 1. The molecule has 1 aromatic rings. The van der Waals surface area contributed by atoms with Crippen molar-refractivity contribution in [2.45, 2.75) is 31.7 Å². The van der Waals surface area contributed by atoms with E-state index in [1.54, 1.807) is 20.8 Å². The number of aromatic nitrogens is 1. The predicted molar refractivity (Wildman–Crippen MR) is 57.6 cm³/mol. The number of ether oxygens (including phenoxy) is 1. The van der Waals surface area contributed by atoms with Crippen molar-refractivity contribution in [3.8, 4) is 0 Å². The van der Waals surface area contributed by atoms with Gasteiger partial charge < -0.3 is 9.26 Å². The standard InChI is InChI=1S/C9H16N2O4S/c1-6(5-14-4)11-16(12,13)9-7(2)10-15-8(9)3/h6,11H,5H2,1-4H3. The molecule has 0 radical (unpaired) electrons. The Bertz CT molecular complexity index is 433. The van der Waals surface area contributed by atoms with E-state index in [0.29, 0.717) is 12.3 Å². The molecule has 0 fully saturated rings. The zero-order valence-corrected chi connectivity index (χ0v) is 10.6. The van der Waals surface area contributed by atoms with Crippen molar-refractivity contribution in [3.63, 3.8) is 0 Å². The minimum atomic E-state index is -3.59. The van der Waals surface area contributed by atoms with Gasteiger partial charge in [0.05, 0.1) is 6.61 Å². The quantitative estimate of drug-likeness (QED) is 0.825. The van der Waals surface area contributed by atoms with Crippen molar-refractivity contribution in [3.05, 3.63) is 11.5 Å². The molecule has 1 N–H and O–H groups in total. The lowest BCUT2D eigenvalue weighted by atomic mass is 10.4. The molecule has 1 heterocycles. The zero-order valence-electron chi connectivity index (χ0n) is 9.77. The van der Waals surface area contributed by atoms with Crippen LogP contribution in [0.4, 0.5) is 0 Å². The highest BCUT2D eigenvalue weighted by molar-refractivity contribution is 7.89. The van der Waals surface area contributed by atoms with Crippen LogP contribution in [-0.4, -0.2) is 33.3 Å². The molecule has 1 atom stereocenters. The smallest absolute Gasteiger partial charge is 0.246 e. The molecule has 0 bridgehead atoms. The molecule has 0 aliphatic carbocycles. The van der Waals surface area contributed by atoms with Crippen molar-refractivity contribution in [1.29, 1.82) is 0 Å². The maximum absolute atomic E-state index is 12.0.